The van der Waals surface area contributed by atoms with Gasteiger partial charge in [-0.05, 0) is 59.9 Å². The number of Topliss-reactive ketones (excluding diaryl/α,β-unsaturated/α-hetero) is 1. The summed E-state index contributed by atoms with van der Waals surface area (Å²) in [7, 11) is 1.66. The largest absolute Gasteiger partial charge is 0.497 e. The van der Waals surface area contributed by atoms with Crippen molar-refractivity contribution in [2.45, 2.75) is 24.8 Å². The number of ether oxygens (including phenoxy) is 1. The van der Waals surface area contributed by atoms with Gasteiger partial charge < -0.3 is 15.4 Å². The average Bonchev–Trinajstić information content (AvgIpc) is 2.96. The fourth-order valence-electron chi connectivity index (χ4n) is 4.53. The van der Waals surface area contributed by atoms with Gasteiger partial charge in [-0.2, -0.15) is 0 Å². The molecule has 4 nitrogen and oxygen atoms in total. The van der Waals surface area contributed by atoms with E-state index in [4.69, 9.17) is 16.3 Å². The van der Waals surface area contributed by atoms with E-state index in [9.17, 15) is 4.79 Å². The first kappa shape index (κ1) is 19.7. The standard InChI is InChI=1S/C26H23ClN2O2/c1-31-20-6-4-5-17(13-20)26-25-23(28-21-7-2-3-8-22(21)29-26)14-18(15-24(25)30)16-9-11-19(27)12-10-16/h2-13,18,26,28-29H,14-15H2,1H3. The van der Waals surface area contributed by atoms with Crippen molar-refractivity contribution in [1.29, 1.82) is 0 Å². The second kappa shape index (κ2) is 8.12. The van der Waals surface area contributed by atoms with E-state index in [1.165, 1.54) is 0 Å². The predicted molar refractivity (Wildman–Crippen MR) is 125 cm³/mol. The number of ketones is 1. The molecule has 2 aliphatic rings. The summed E-state index contributed by atoms with van der Waals surface area (Å²) >= 11 is 6.07. The molecular formula is C26H23ClN2O2. The summed E-state index contributed by atoms with van der Waals surface area (Å²) in [5, 5.41) is 7.88. The van der Waals surface area contributed by atoms with Gasteiger partial charge in [-0.25, -0.2) is 0 Å². The van der Waals surface area contributed by atoms with E-state index in [1.807, 2.05) is 72.8 Å². The number of allylic oxidation sites excluding steroid dienone is 1. The lowest BCUT2D eigenvalue weighted by molar-refractivity contribution is -0.116. The van der Waals surface area contributed by atoms with Crippen molar-refractivity contribution in [1.82, 2.24) is 0 Å². The Bertz CT molecular complexity index is 1170. The Hall–Kier alpha value is -3.24. The quantitative estimate of drug-likeness (QED) is 0.509. The zero-order valence-electron chi connectivity index (χ0n) is 17.2. The number of benzene rings is 3. The molecule has 0 spiro atoms. The zero-order chi connectivity index (χ0) is 21.4. The maximum Gasteiger partial charge on any atom is 0.163 e. The minimum Gasteiger partial charge on any atom is -0.497 e. The van der Waals surface area contributed by atoms with Crippen LogP contribution >= 0.6 is 11.6 Å². The van der Waals surface area contributed by atoms with Gasteiger partial charge in [-0.1, -0.05) is 48.0 Å². The molecule has 2 unspecified atom stereocenters. The number of halogens is 1. The molecule has 0 saturated heterocycles. The maximum absolute atomic E-state index is 13.5. The Morgan fingerprint density at radius 2 is 1.68 bits per heavy atom. The van der Waals surface area contributed by atoms with Crippen LogP contribution in [-0.4, -0.2) is 12.9 Å². The number of nitrogens with one attached hydrogen (secondary N) is 2. The van der Waals surface area contributed by atoms with E-state index in [0.717, 1.165) is 45.9 Å². The molecule has 156 valence electrons. The number of hydrogen-bond acceptors (Lipinski definition) is 4. The van der Waals surface area contributed by atoms with Gasteiger partial charge >= 0.3 is 0 Å². The van der Waals surface area contributed by atoms with Crippen molar-refractivity contribution in [2.24, 2.45) is 0 Å². The Balaban J connectivity index is 1.60. The number of carbonyl (C=O) groups is 1. The molecular weight excluding hydrogens is 408 g/mol. The molecule has 0 saturated carbocycles. The van der Waals surface area contributed by atoms with E-state index < -0.39 is 0 Å². The molecule has 0 amide bonds. The van der Waals surface area contributed by atoms with Crippen LogP contribution in [0, 0.1) is 0 Å². The fraction of sp³-hybridized carbons (Fsp3) is 0.192. The molecule has 0 radical (unpaired) electrons. The highest BCUT2D eigenvalue weighted by atomic mass is 35.5. The Morgan fingerprint density at radius 1 is 0.903 bits per heavy atom. The van der Waals surface area contributed by atoms with Crippen molar-refractivity contribution < 1.29 is 9.53 Å². The molecule has 1 aliphatic heterocycles. The molecule has 3 aromatic carbocycles. The lowest BCUT2D eigenvalue weighted by atomic mass is 9.78. The van der Waals surface area contributed by atoms with Crippen molar-refractivity contribution >= 4 is 28.8 Å². The van der Waals surface area contributed by atoms with Gasteiger partial charge in [0.2, 0.25) is 0 Å². The number of anilines is 2. The third-order valence-corrected chi connectivity index (χ3v) is 6.33. The normalized spacial score (nSPS) is 20.1. The van der Waals surface area contributed by atoms with Crippen LogP contribution < -0.4 is 15.4 Å². The number of methoxy groups -OCH3 is 1. The van der Waals surface area contributed by atoms with Crippen LogP contribution in [0.25, 0.3) is 0 Å². The first-order chi connectivity index (χ1) is 15.1. The molecule has 1 heterocycles. The van der Waals surface area contributed by atoms with Gasteiger partial charge in [-0.3, -0.25) is 4.79 Å². The molecule has 5 rings (SSSR count). The van der Waals surface area contributed by atoms with Crippen LogP contribution in [0.4, 0.5) is 11.4 Å². The van der Waals surface area contributed by atoms with E-state index in [1.54, 1.807) is 7.11 Å². The van der Waals surface area contributed by atoms with Crippen molar-refractivity contribution in [3.8, 4) is 5.75 Å². The van der Waals surface area contributed by atoms with E-state index in [-0.39, 0.29) is 17.7 Å². The van der Waals surface area contributed by atoms with E-state index in [2.05, 4.69) is 10.6 Å². The molecule has 0 fully saturated rings. The second-order valence-electron chi connectivity index (χ2n) is 8.00. The van der Waals surface area contributed by atoms with Crippen LogP contribution in [0.2, 0.25) is 5.02 Å². The van der Waals surface area contributed by atoms with Gasteiger partial charge in [0.15, 0.2) is 5.78 Å². The molecule has 0 bridgehead atoms. The third kappa shape index (κ3) is 3.79. The van der Waals surface area contributed by atoms with Gasteiger partial charge in [0.1, 0.15) is 5.75 Å². The topological polar surface area (TPSA) is 50.4 Å². The molecule has 31 heavy (non-hydrogen) atoms. The summed E-state index contributed by atoms with van der Waals surface area (Å²) in [5.74, 6) is 1.04. The van der Waals surface area contributed by atoms with Crippen molar-refractivity contribution in [2.75, 3.05) is 17.7 Å². The van der Waals surface area contributed by atoms with Crippen LogP contribution in [0.1, 0.15) is 35.9 Å². The minimum atomic E-state index is -0.250. The first-order valence-corrected chi connectivity index (χ1v) is 10.8. The number of rotatable bonds is 3. The van der Waals surface area contributed by atoms with Gasteiger partial charge in [0.05, 0.1) is 24.5 Å². The molecule has 1 aliphatic carbocycles. The Labute approximate surface area is 186 Å². The zero-order valence-corrected chi connectivity index (χ0v) is 17.9. The van der Waals surface area contributed by atoms with Crippen LogP contribution in [0.5, 0.6) is 5.75 Å². The van der Waals surface area contributed by atoms with Crippen LogP contribution in [0.3, 0.4) is 0 Å². The lowest BCUT2D eigenvalue weighted by Gasteiger charge is -2.30. The molecule has 2 N–H and O–H groups in total. The summed E-state index contributed by atoms with van der Waals surface area (Å²) in [4.78, 5) is 13.5. The number of fused-ring (bicyclic) bond motifs is 1. The molecule has 2 atom stereocenters. The summed E-state index contributed by atoms with van der Waals surface area (Å²) in [6, 6.07) is 23.6. The van der Waals surface area contributed by atoms with E-state index in [0.29, 0.717) is 11.4 Å². The number of carbonyl (C=O) groups excluding carboxylic acids is 1. The summed E-state index contributed by atoms with van der Waals surface area (Å²) in [5.41, 5.74) is 5.86. The first-order valence-electron chi connectivity index (χ1n) is 10.4. The van der Waals surface area contributed by atoms with E-state index >= 15 is 0 Å². The SMILES string of the molecule is COc1cccc(C2Nc3ccccc3NC3=C2C(=O)CC(c2ccc(Cl)cc2)C3)c1. The number of para-hydroxylation sites is 2. The summed E-state index contributed by atoms with van der Waals surface area (Å²) < 4.78 is 5.44. The average molecular weight is 431 g/mol. The third-order valence-electron chi connectivity index (χ3n) is 6.08. The van der Waals surface area contributed by atoms with Gasteiger partial charge in [-0.15, -0.1) is 0 Å². The van der Waals surface area contributed by atoms with Gasteiger partial charge in [0.25, 0.3) is 0 Å². The second-order valence-corrected chi connectivity index (χ2v) is 8.43. The van der Waals surface area contributed by atoms with Gasteiger partial charge in [0, 0.05) is 22.7 Å². The molecule has 0 aromatic heterocycles. The minimum absolute atomic E-state index is 0.118. The Morgan fingerprint density at radius 3 is 2.45 bits per heavy atom. The summed E-state index contributed by atoms with van der Waals surface area (Å²) in [6.07, 6.45) is 1.24. The lowest BCUT2D eigenvalue weighted by Crippen LogP contribution is -2.26. The predicted octanol–water partition coefficient (Wildman–Crippen LogP) is 6.33. The maximum atomic E-state index is 13.5. The highest BCUT2D eigenvalue weighted by Gasteiger charge is 2.36. The van der Waals surface area contributed by atoms with Crippen molar-refractivity contribution in [3.05, 3.63) is 100 Å². The fourth-order valence-corrected chi connectivity index (χ4v) is 4.66. The highest BCUT2D eigenvalue weighted by molar-refractivity contribution is 6.30. The number of hydrogen-bond donors (Lipinski definition) is 2. The smallest absolute Gasteiger partial charge is 0.163 e. The summed E-state index contributed by atoms with van der Waals surface area (Å²) in [6.45, 7) is 0. The molecule has 5 heteroatoms. The monoisotopic (exact) mass is 430 g/mol. The van der Waals surface area contributed by atoms with Crippen molar-refractivity contribution in [3.63, 3.8) is 0 Å². The Kier molecular flexibility index (Phi) is 5.16. The van der Waals surface area contributed by atoms with Crippen LogP contribution in [-0.2, 0) is 4.79 Å². The highest BCUT2D eigenvalue weighted by Crippen LogP contribution is 2.44. The van der Waals surface area contributed by atoms with Crippen LogP contribution in [0.15, 0.2) is 84.1 Å². The molecule has 3 aromatic rings.